The first-order chi connectivity index (χ1) is 43.7. The van der Waals surface area contributed by atoms with Crippen LogP contribution in [0.25, 0.3) is 0 Å². The summed E-state index contributed by atoms with van der Waals surface area (Å²) in [7, 11) is -3.96. The molecule has 0 spiro atoms. The minimum Gasteiger partial charge on any atom is -0.391 e. The monoisotopic (exact) mass is 1330 g/mol. The third-order valence-corrected chi connectivity index (χ3v) is 16.0. The van der Waals surface area contributed by atoms with Gasteiger partial charge in [-0.1, -0.05) is 70.9 Å². The quantitative estimate of drug-likeness (QED) is 0.0223. The molecule has 2 rings (SSSR count). The van der Waals surface area contributed by atoms with Gasteiger partial charge in [0.1, 0.15) is 60.4 Å². The highest BCUT2D eigenvalue weighted by molar-refractivity contribution is 7.51. The van der Waals surface area contributed by atoms with E-state index in [1.165, 1.54) is 6.92 Å². The van der Waals surface area contributed by atoms with Crippen LogP contribution in [0.2, 0.25) is 0 Å². The standard InChI is InChI=1S/C58H104N17O16P/c1-7-9-29-90-92(89,91-30-10-8-2)65-33-46(78)66-39(18-24-60)54(84)75-48(36(6)77)58(88)71-42(21-27-63)50(80)70-43-22-28-64-57(87)47(35(5)76)74-53(83)38(17-14-23-59)67-49(79)40(19-25-61)69-55(85)44(31-34(3)4)72-56(86)45(32-37-15-12-11-13-16-37)73-51(81)41(20-26-62)68-52(43)82/h11-13,15-16,34-36,38-45,47-48,76-77H,7-10,14,17-33,59-63H2,1-6H3,(H,64,87)(H,65,89)(H,66,78)(H,67,79)(H,68,82)(H,69,85)(H,70,80)(H,71,88)(H,72,86)(H,73,81)(H,74,83)(H,75,84)/t35-,36?,38-,39-,40-,41-,42-,43-,44-,45+,47-,48-/m0/s1. The van der Waals surface area contributed by atoms with Crippen LogP contribution in [0, 0.1) is 5.92 Å². The maximum Gasteiger partial charge on any atom is 0.405 e. The van der Waals surface area contributed by atoms with Crippen LogP contribution in [0.15, 0.2) is 30.3 Å². The highest BCUT2D eigenvalue weighted by Gasteiger charge is 2.38. The number of aliphatic hydroxyl groups excluding tert-OH is 2. The summed E-state index contributed by atoms with van der Waals surface area (Å²) in [6.07, 6.45) is -2.04. The molecule has 1 heterocycles. The van der Waals surface area contributed by atoms with Crippen molar-refractivity contribution in [2.45, 2.75) is 198 Å². The molecule has 0 aliphatic carbocycles. The van der Waals surface area contributed by atoms with Crippen LogP contribution in [-0.4, -0.2) is 207 Å². The summed E-state index contributed by atoms with van der Waals surface area (Å²) in [5, 5.41) is 52.1. The van der Waals surface area contributed by atoms with E-state index in [9.17, 15) is 67.5 Å². The Bertz CT molecular complexity index is 2540. The molecular formula is C58H104N17O16P. The number of carbonyl (C=O) groups excluding carboxylic acids is 11. The molecule has 1 aromatic rings. The minimum absolute atomic E-state index is 0.0337. The van der Waals surface area contributed by atoms with Crippen molar-refractivity contribution < 1.29 is 76.6 Å². The highest BCUT2D eigenvalue weighted by atomic mass is 31.2. The summed E-state index contributed by atoms with van der Waals surface area (Å²) in [5.41, 5.74) is 29.9. The van der Waals surface area contributed by atoms with Crippen LogP contribution in [0.4, 0.5) is 0 Å². The molecule has 522 valence electrons. The van der Waals surface area contributed by atoms with Crippen molar-refractivity contribution in [1.82, 2.24) is 63.6 Å². The van der Waals surface area contributed by atoms with Crippen LogP contribution in [0.5, 0.6) is 0 Å². The average molecular weight is 1330 g/mol. The third kappa shape index (κ3) is 29.9. The molecular weight excluding hydrogens is 1220 g/mol. The molecule has 11 amide bonds. The van der Waals surface area contributed by atoms with Gasteiger partial charge < -0.3 is 97.4 Å². The lowest BCUT2D eigenvalue weighted by Gasteiger charge is -2.29. The molecule has 34 heteroatoms. The highest BCUT2D eigenvalue weighted by Crippen LogP contribution is 2.43. The number of carbonyl (C=O) groups is 11. The molecule has 1 aliphatic rings. The first kappa shape index (κ1) is 81.3. The normalized spacial score (nSPS) is 21.9. The Hall–Kier alpha value is -6.78. The predicted octanol–water partition coefficient (Wildman–Crippen LogP) is -5.13. The molecule has 1 aliphatic heterocycles. The lowest BCUT2D eigenvalue weighted by Crippen LogP contribution is -2.62. The Morgan fingerprint density at radius 3 is 1.60 bits per heavy atom. The van der Waals surface area contributed by atoms with Gasteiger partial charge >= 0.3 is 7.75 Å². The fraction of sp³-hybridized carbons (Fsp3) is 0.707. The Morgan fingerprint density at radius 1 is 0.587 bits per heavy atom. The smallest absolute Gasteiger partial charge is 0.391 e. The summed E-state index contributed by atoms with van der Waals surface area (Å²) in [4.78, 5) is 155. The third-order valence-electron chi connectivity index (χ3n) is 14.4. The second-order valence-corrected chi connectivity index (χ2v) is 24.7. The number of rotatable bonds is 35. The Labute approximate surface area is 538 Å². The van der Waals surface area contributed by atoms with E-state index in [0.717, 1.165) is 19.8 Å². The molecule has 1 unspecified atom stereocenters. The molecule has 0 bridgehead atoms. The molecule has 24 N–H and O–H groups in total. The second-order valence-electron chi connectivity index (χ2n) is 22.8. The summed E-state index contributed by atoms with van der Waals surface area (Å²) < 4.78 is 24.3. The molecule has 12 atom stereocenters. The summed E-state index contributed by atoms with van der Waals surface area (Å²) in [6, 6.07) is -6.77. The topological polar surface area (TPSA) is 538 Å². The molecule has 0 aromatic heterocycles. The zero-order valence-corrected chi connectivity index (χ0v) is 54.8. The van der Waals surface area contributed by atoms with E-state index in [4.69, 9.17) is 37.7 Å². The van der Waals surface area contributed by atoms with Crippen LogP contribution >= 0.6 is 7.75 Å². The van der Waals surface area contributed by atoms with E-state index in [1.807, 2.05) is 13.8 Å². The van der Waals surface area contributed by atoms with Crippen molar-refractivity contribution in [2.24, 2.45) is 34.6 Å². The number of unbranched alkanes of at least 4 members (excludes halogenated alkanes) is 2. The van der Waals surface area contributed by atoms with Crippen LogP contribution in [0.1, 0.15) is 124 Å². The summed E-state index contributed by atoms with van der Waals surface area (Å²) in [6.45, 7) is 8.06. The molecule has 0 radical (unpaired) electrons. The van der Waals surface area contributed by atoms with Gasteiger partial charge in [-0.05, 0) is 122 Å². The number of amides is 11. The van der Waals surface area contributed by atoms with Gasteiger partial charge in [0.15, 0.2) is 0 Å². The first-order valence-electron chi connectivity index (χ1n) is 31.6. The van der Waals surface area contributed by atoms with E-state index >= 15 is 0 Å². The Kier molecular flexibility index (Phi) is 38.8. The zero-order chi connectivity index (χ0) is 68.9. The summed E-state index contributed by atoms with van der Waals surface area (Å²) >= 11 is 0. The fourth-order valence-electron chi connectivity index (χ4n) is 9.23. The SMILES string of the molecule is CCCCOP(=O)(NCC(=O)N[C@@H](CCN)C(=O)N[C@H](C(=O)N[C@@H](CCN)C(=O)N[C@H]1CCNC(=O)[C@H]([C@H](C)O)NC(=O)[C@H](CCCN)NC(=O)[C@H](CCN)NC(=O)[C@H](CC(C)C)NC(=O)[C@@H](Cc2ccccc2)NC(=O)[C@H](CCN)NC1=O)C(C)O)OCCCC. The van der Waals surface area contributed by atoms with E-state index in [-0.39, 0.29) is 103 Å². The maximum atomic E-state index is 14.6. The van der Waals surface area contributed by atoms with Crippen molar-refractivity contribution >= 4 is 72.7 Å². The minimum atomic E-state index is -3.96. The van der Waals surface area contributed by atoms with Crippen molar-refractivity contribution in [3.05, 3.63) is 35.9 Å². The summed E-state index contributed by atoms with van der Waals surface area (Å²) in [5.74, 6) is -10.7. The molecule has 1 aromatic carbocycles. The van der Waals surface area contributed by atoms with E-state index in [1.54, 1.807) is 44.2 Å². The van der Waals surface area contributed by atoms with Crippen molar-refractivity contribution in [2.75, 3.05) is 59.0 Å². The van der Waals surface area contributed by atoms with Gasteiger partial charge in [0.05, 0.1) is 32.0 Å². The van der Waals surface area contributed by atoms with Gasteiger partial charge in [0.25, 0.3) is 0 Å². The first-order valence-corrected chi connectivity index (χ1v) is 33.1. The lowest BCUT2D eigenvalue weighted by atomic mass is 10.00. The van der Waals surface area contributed by atoms with Crippen molar-refractivity contribution in [1.29, 1.82) is 0 Å². The van der Waals surface area contributed by atoms with Gasteiger partial charge in [0, 0.05) is 13.0 Å². The van der Waals surface area contributed by atoms with Gasteiger partial charge in [-0.2, -0.15) is 0 Å². The Morgan fingerprint density at radius 2 is 1.09 bits per heavy atom. The van der Waals surface area contributed by atoms with Crippen LogP contribution in [-0.2, 0) is 72.8 Å². The number of hydrogen-bond acceptors (Lipinski definition) is 21. The maximum absolute atomic E-state index is 14.6. The molecule has 1 saturated heterocycles. The van der Waals surface area contributed by atoms with Crippen LogP contribution in [0.3, 0.4) is 0 Å². The van der Waals surface area contributed by atoms with Crippen LogP contribution < -0.4 is 92.2 Å². The number of hydrogen-bond donors (Lipinski definition) is 19. The van der Waals surface area contributed by atoms with E-state index < -0.39 is 165 Å². The lowest BCUT2D eigenvalue weighted by molar-refractivity contribution is -0.137. The average Bonchev–Trinajstić information content (AvgIpc) is 1.62. The predicted molar refractivity (Wildman–Crippen MR) is 340 cm³/mol. The van der Waals surface area contributed by atoms with Gasteiger partial charge in [-0.15, -0.1) is 0 Å². The number of aliphatic hydroxyl groups is 2. The van der Waals surface area contributed by atoms with E-state index in [2.05, 4.69) is 63.6 Å². The number of benzene rings is 1. The largest absolute Gasteiger partial charge is 0.405 e. The van der Waals surface area contributed by atoms with E-state index in [0.29, 0.717) is 18.4 Å². The van der Waals surface area contributed by atoms with Gasteiger partial charge in [-0.3, -0.25) is 61.8 Å². The molecule has 0 saturated carbocycles. The van der Waals surface area contributed by atoms with Gasteiger partial charge in [0.2, 0.25) is 65.0 Å². The zero-order valence-electron chi connectivity index (χ0n) is 53.9. The number of nitrogens with one attached hydrogen (secondary N) is 12. The molecule has 1 fully saturated rings. The van der Waals surface area contributed by atoms with Crippen molar-refractivity contribution in [3.63, 3.8) is 0 Å². The fourth-order valence-corrected chi connectivity index (χ4v) is 10.6. The van der Waals surface area contributed by atoms with Crippen molar-refractivity contribution in [3.8, 4) is 0 Å². The van der Waals surface area contributed by atoms with Gasteiger partial charge in [-0.25, -0.2) is 9.65 Å². The Balaban J connectivity index is 2.67. The molecule has 92 heavy (non-hydrogen) atoms. The number of nitrogens with two attached hydrogens (primary N) is 5. The second kappa shape index (κ2) is 43.9. The molecule has 33 nitrogen and oxygen atoms in total.